The van der Waals surface area contributed by atoms with Crippen LogP contribution in [0.1, 0.15) is 17.9 Å². The summed E-state index contributed by atoms with van der Waals surface area (Å²) in [6.45, 7) is 0.411. The highest BCUT2D eigenvalue weighted by Crippen LogP contribution is 2.32. The van der Waals surface area contributed by atoms with Crippen molar-refractivity contribution in [3.63, 3.8) is 0 Å². The number of hydrogen-bond acceptors (Lipinski definition) is 6. The van der Waals surface area contributed by atoms with E-state index < -0.39 is 0 Å². The van der Waals surface area contributed by atoms with Gasteiger partial charge in [-0.2, -0.15) is 4.98 Å². The average molecular weight is 386 g/mol. The van der Waals surface area contributed by atoms with Gasteiger partial charge in [-0.3, -0.25) is 4.79 Å². The van der Waals surface area contributed by atoms with Crippen LogP contribution in [0, 0.1) is 0 Å². The monoisotopic (exact) mass is 385 g/mol. The predicted octanol–water partition coefficient (Wildman–Crippen LogP) is 3.37. The molecule has 8 heteroatoms. The highest BCUT2D eigenvalue weighted by atomic mass is 35.5. The molecule has 1 N–H and O–H groups in total. The molecule has 0 unspecified atom stereocenters. The Morgan fingerprint density at radius 3 is 2.93 bits per heavy atom. The lowest BCUT2D eigenvalue weighted by Crippen LogP contribution is -2.23. The first-order chi connectivity index (χ1) is 13.2. The minimum atomic E-state index is -0.102. The van der Waals surface area contributed by atoms with E-state index >= 15 is 0 Å². The summed E-state index contributed by atoms with van der Waals surface area (Å²) in [5.41, 5.74) is 1.77. The van der Waals surface area contributed by atoms with E-state index in [2.05, 4.69) is 15.5 Å². The zero-order chi connectivity index (χ0) is 18.6. The van der Waals surface area contributed by atoms with Crippen LogP contribution in [0.3, 0.4) is 0 Å². The zero-order valence-electron chi connectivity index (χ0n) is 14.3. The number of nitrogens with one attached hydrogen (secondary N) is 1. The number of fused-ring (bicyclic) bond motifs is 1. The van der Waals surface area contributed by atoms with Crippen molar-refractivity contribution in [2.75, 3.05) is 6.79 Å². The van der Waals surface area contributed by atoms with Gasteiger partial charge in [0.25, 0.3) is 0 Å². The number of amides is 1. The predicted molar refractivity (Wildman–Crippen MR) is 97.5 cm³/mol. The molecule has 0 bridgehead atoms. The van der Waals surface area contributed by atoms with Crippen LogP contribution < -0.4 is 14.8 Å². The normalized spacial score (nSPS) is 12.2. The maximum absolute atomic E-state index is 12.1. The summed E-state index contributed by atoms with van der Waals surface area (Å²) >= 11 is 5.96. The maximum atomic E-state index is 12.1. The van der Waals surface area contributed by atoms with E-state index in [1.54, 1.807) is 12.1 Å². The molecule has 0 spiro atoms. The fraction of sp³-hybridized carbons (Fsp3) is 0.211. The van der Waals surface area contributed by atoms with Gasteiger partial charge in [0, 0.05) is 17.0 Å². The lowest BCUT2D eigenvalue weighted by Gasteiger charge is -2.04. The first-order valence-corrected chi connectivity index (χ1v) is 8.79. The fourth-order valence-corrected chi connectivity index (χ4v) is 2.88. The smallest absolute Gasteiger partial charge is 0.246 e. The molecule has 2 aromatic carbocycles. The number of nitrogens with zero attached hydrogens (tertiary/aromatic N) is 2. The molecule has 1 aliphatic rings. The number of rotatable bonds is 6. The van der Waals surface area contributed by atoms with E-state index in [4.69, 9.17) is 25.6 Å². The van der Waals surface area contributed by atoms with E-state index in [0.717, 1.165) is 16.9 Å². The number of ether oxygens (including phenoxy) is 2. The third-order valence-electron chi connectivity index (χ3n) is 4.07. The van der Waals surface area contributed by atoms with Crippen molar-refractivity contribution < 1.29 is 18.8 Å². The first kappa shape index (κ1) is 17.4. The second-order valence-corrected chi connectivity index (χ2v) is 6.42. The van der Waals surface area contributed by atoms with Gasteiger partial charge >= 0.3 is 0 Å². The third-order valence-corrected chi connectivity index (χ3v) is 4.30. The number of carbonyl (C=O) groups excluding carboxylic acids is 1. The Morgan fingerprint density at radius 2 is 2.04 bits per heavy atom. The molecule has 0 fully saturated rings. The molecule has 7 nitrogen and oxygen atoms in total. The largest absolute Gasteiger partial charge is 0.454 e. The Bertz CT molecular complexity index is 973. The van der Waals surface area contributed by atoms with Gasteiger partial charge in [-0.1, -0.05) is 35.0 Å². The Hall–Kier alpha value is -3.06. The van der Waals surface area contributed by atoms with Gasteiger partial charge in [-0.05, 0) is 36.2 Å². The maximum Gasteiger partial charge on any atom is 0.246 e. The van der Waals surface area contributed by atoms with E-state index in [0.29, 0.717) is 35.3 Å². The van der Waals surface area contributed by atoms with Gasteiger partial charge in [-0.15, -0.1) is 0 Å². The van der Waals surface area contributed by atoms with Crippen molar-refractivity contribution in [2.45, 2.75) is 19.4 Å². The number of hydrogen-bond donors (Lipinski definition) is 1. The molecule has 0 aliphatic carbocycles. The Balaban J connectivity index is 1.28. The van der Waals surface area contributed by atoms with Crippen molar-refractivity contribution in [3.05, 3.63) is 58.9 Å². The number of halogens is 1. The van der Waals surface area contributed by atoms with Gasteiger partial charge < -0.3 is 19.3 Å². The average Bonchev–Trinajstić information content (AvgIpc) is 3.33. The fourth-order valence-electron chi connectivity index (χ4n) is 2.69. The molecule has 138 valence electrons. The quantitative estimate of drug-likeness (QED) is 0.700. The van der Waals surface area contributed by atoms with Crippen LogP contribution in [0.5, 0.6) is 11.5 Å². The lowest BCUT2D eigenvalue weighted by molar-refractivity contribution is -0.121. The number of aromatic nitrogens is 2. The van der Waals surface area contributed by atoms with E-state index in [-0.39, 0.29) is 19.2 Å². The molecule has 0 saturated heterocycles. The van der Waals surface area contributed by atoms with E-state index in [9.17, 15) is 4.79 Å². The second kappa shape index (κ2) is 7.67. The van der Waals surface area contributed by atoms with Crippen LogP contribution >= 0.6 is 11.6 Å². The second-order valence-electron chi connectivity index (χ2n) is 5.99. The summed E-state index contributed by atoms with van der Waals surface area (Å²) in [4.78, 5) is 16.3. The van der Waals surface area contributed by atoms with Crippen LogP contribution in [0.25, 0.3) is 11.4 Å². The summed E-state index contributed by atoms with van der Waals surface area (Å²) < 4.78 is 15.8. The van der Waals surface area contributed by atoms with Crippen LogP contribution in [-0.2, 0) is 17.8 Å². The first-order valence-electron chi connectivity index (χ1n) is 8.41. The molecule has 1 amide bonds. The molecule has 4 rings (SSSR count). The van der Waals surface area contributed by atoms with Crippen LogP contribution in [-0.4, -0.2) is 22.8 Å². The SMILES string of the molecule is O=C(CCc1ccc2c(c1)OCO2)NCc1nc(-c2cccc(Cl)c2)no1. The zero-order valence-corrected chi connectivity index (χ0v) is 15.0. The number of aryl methyl sites for hydroxylation is 1. The summed E-state index contributed by atoms with van der Waals surface area (Å²) in [6, 6.07) is 12.8. The van der Waals surface area contributed by atoms with Crippen LogP contribution in [0.2, 0.25) is 5.02 Å². The van der Waals surface area contributed by atoms with Crippen molar-refractivity contribution in [3.8, 4) is 22.9 Å². The van der Waals surface area contributed by atoms with Crippen molar-refractivity contribution >= 4 is 17.5 Å². The molecule has 0 atom stereocenters. The molecule has 0 saturated carbocycles. The molecule has 1 aromatic heterocycles. The lowest BCUT2D eigenvalue weighted by atomic mass is 10.1. The molecule has 2 heterocycles. The molecular formula is C19H16ClN3O4. The van der Waals surface area contributed by atoms with Gasteiger partial charge in [0.05, 0.1) is 6.54 Å². The Morgan fingerprint density at radius 1 is 1.15 bits per heavy atom. The molecule has 1 aliphatic heterocycles. The summed E-state index contributed by atoms with van der Waals surface area (Å²) in [5.74, 6) is 2.11. The molecule has 27 heavy (non-hydrogen) atoms. The van der Waals surface area contributed by atoms with Crippen molar-refractivity contribution in [2.24, 2.45) is 0 Å². The van der Waals surface area contributed by atoms with E-state index in [1.165, 1.54) is 0 Å². The standard InChI is InChI=1S/C19H16ClN3O4/c20-14-3-1-2-13(9-14)19-22-18(27-23-19)10-21-17(24)7-5-12-4-6-15-16(8-12)26-11-25-15/h1-4,6,8-9H,5,7,10-11H2,(H,21,24). The number of carbonyl (C=O) groups is 1. The minimum Gasteiger partial charge on any atom is -0.454 e. The number of benzene rings is 2. The summed E-state index contributed by atoms with van der Waals surface area (Å²) in [6.07, 6.45) is 0.939. The van der Waals surface area contributed by atoms with E-state index in [1.807, 2.05) is 30.3 Å². The summed E-state index contributed by atoms with van der Waals surface area (Å²) in [7, 11) is 0. The van der Waals surface area contributed by atoms with Gasteiger partial charge in [0.1, 0.15) is 0 Å². The van der Waals surface area contributed by atoms with Gasteiger partial charge in [0.2, 0.25) is 24.4 Å². The Labute approximate surface area is 160 Å². The Kier molecular flexibility index (Phi) is 4.93. The topological polar surface area (TPSA) is 86.5 Å². The molecule has 0 radical (unpaired) electrons. The summed E-state index contributed by atoms with van der Waals surface area (Å²) in [5, 5.41) is 7.28. The van der Waals surface area contributed by atoms with Gasteiger partial charge in [0.15, 0.2) is 11.5 Å². The van der Waals surface area contributed by atoms with Crippen molar-refractivity contribution in [1.29, 1.82) is 0 Å². The van der Waals surface area contributed by atoms with Crippen LogP contribution in [0.4, 0.5) is 0 Å². The minimum absolute atomic E-state index is 0.102. The molecule has 3 aromatic rings. The highest BCUT2D eigenvalue weighted by Gasteiger charge is 2.14. The van der Waals surface area contributed by atoms with Crippen molar-refractivity contribution in [1.82, 2.24) is 15.5 Å². The third kappa shape index (κ3) is 4.20. The highest BCUT2D eigenvalue weighted by molar-refractivity contribution is 6.30. The molecular weight excluding hydrogens is 370 g/mol. The van der Waals surface area contributed by atoms with Crippen LogP contribution in [0.15, 0.2) is 47.0 Å². The van der Waals surface area contributed by atoms with Gasteiger partial charge in [-0.25, -0.2) is 0 Å².